The Bertz CT molecular complexity index is 5150. The largest absolute Gasteiger partial charge is 0.380 e. The highest BCUT2D eigenvalue weighted by Gasteiger charge is 2.83. The molecule has 8 aromatic carbocycles. The normalized spacial score (nSPS) is 18.1. The van der Waals surface area contributed by atoms with Gasteiger partial charge in [0, 0.05) is 83.6 Å². The van der Waals surface area contributed by atoms with Crippen LogP contribution in [0.2, 0.25) is 0 Å². The van der Waals surface area contributed by atoms with E-state index in [1.165, 1.54) is 69.6 Å². The number of hydrogen-bond donors (Lipinski definition) is 0. The molecule has 16 heteroatoms. The third-order valence-corrected chi connectivity index (χ3v) is 26.9. The van der Waals surface area contributed by atoms with Crippen molar-refractivity contribution in [3.8, 4) is 41.8 Å². The highest BCUT2D eigenvalue weighted by molar-refractivity contribution is 7.18. The Morgan fingerprint density at radius 1 is 0.222 bits per heavy atom. The summed E-state index contributed by atoms with van der Waals surface area (Å²) in [4.78, 5) is 3.17. The quantitative estimate of drug-likeness (QED) is 0.133. The molecule has 0 aliphatic heterocycles. The first-order valence-corrected chi connectivity index (χ1v) is 38.9. The zero-order valence-electron chi connectivity index (χ0n) is 61.3. The van der Waals surface area contributed by atoms with Crippen molar-refractivity contribution in [1.82, 2.24) is 0 Å². The van der Waals surface area contributed by atoms with Crippen LogP contribution in [0, 0.1) is 0 Å². The van der Waals surface area contributed by atoms with E-state index in [4.69, 9.17) is 0 Å². The fourth-order valence-corrected chi connectivity index (χ4v) is 21.5. The third-order valence-electron chi connectivity index (χ3n) is 21.7. The topological polar surface area (TPSA) is 0 Å². The molecule has 16 rings (SSSR count). The molecule has 0 saturated carbocycles. The summed E-state index contributed by atoms with van der Waals surface area (Å²) in [6.07, 6.45) is 0. The molecule has 4 heterocycles. The summed E-state index contributed by atoms with van der Waals surface area (Å²) in [7, 11) is 0. The Kier molecular flexibility index (Phi) is 17.5. The van der Waals surface area contributed by atoms with Crippen molar-refractivity contribution < 1.29 is 52.7 Å². The van der Waals surface area contributed by atoms with E-state index in [1.807, 2.05) is 133 Å². The fourth-order valence-electron chi connectivity index (χ4n) is 15.7. The molecule has 0 bridgehead atoms. The molecule has 0 saturated heterocycles. The molecule has 0 nitrogen and oxygen atoms in total. The zero-order valence-corrected chi connectivity index (χ0v) is 64.5. The first kappa shape index (κ1) is 74.7. The maximum atomic E-state index is 16.9. The van der Waals surface area contributed by atoms with E-state index >= 15 is 52.7 Å². The Morgan fingerprint density at radius 2 is 0.407 bits per heavy atom. The summed E-state index contributed by atoms with van der Waals surface area (Å²) < 4.78 is 196. The minimum Gasteiger partial charge on any atom is -0.194 e. The molecule has 4 aliphatic carbocycles. The van der Waals surface area contributed by atoms with Gasteiger partial charge in [0.05, 0.1) is 10.8 Å². The van der Waals surface area contributed by atoms with Crippen LogP contribution in [-0.4, -0.2) is 35.5 Å². The molecule has 0 radical (unpaired) electrons. The first-order valence-electron chi connectivity index (χ1n) is 35.6. The second-order valence-electron chi connectivity index (χ2n) is 32.6. The predicted octanol–water partition coefficient (Wildman–Crippen LogP) is 28.5. The average Bonchev–Trinajstić information content (AvgIpc) is 1.50. The van der Waals surface area contributed by atoms with Crippen LogP contribution in [0.5, 0.6) is 0 Å². The molecular weight excluding hydrogens is 1460 g/mol. The van der Waals surface area contributed by atoms with Crippen LogP contribution in [0.1, 0.15) is 169 Å². The van der Waals surface area contributed by atoms with Gasteiger partial charge >= 0.3 is 35.5 Å². The van der Waals surface area contributed by atoms with E-state index in [0.717, 1.165) is 22.3 Å². The number of thiophene rings is 4. The first-order chi connectivity index (χ1) is 50.6. The van der Waals surface area contributed by atoms with Crippen molar-refractivity contribution in [2.45, 2.75) is 151 Å². The number of halogens is 12. The number of alkyl halides is 12. The molecule has 0 spiro atoms. The molecule has 12 aromatic rings. The summed E-state index contributed by atoms with van der Waals surface area (Å²) in [5, 5.41) is 0. The van der Waals surface area contributed by atoms with Gasteiger partial charge in [-0.3, -0.25) is 0 Å². The third kappa shape index (κ3) is 11.2. The monoisotopic (exact) mass is 1540 g/mol. The number of fused-ring (bicyclic) bond motifs is 8. The molecular formula is C92H76F12S4. The number of allylic oxidation sites excluding steroid dienone is 4. The van der Waals surface area contributed by atoms with Crippen molar-refractivity contribution in [2.24, 2.45) is 0 Å². The Balaban J connectivity index is 0.000000180. The van der Waals surface area contributed by atoms with E-state index in [0.29, 0.717) is 64.0 Å². The summed E-state index contributed by atoms with van der Waals surface area (Å²) >= 11 is 4.74. The van der Waals surface area contributed by atoms with Crippen molar-refractivity contribution in [3.05, 3.63) is 329 Å². The Hall–Kier alpha value is -8.80. The molecule has 0 amide bonds. The lowest BCUT2D eigenvalue weighted by Gasteiger charge is -2.37. The zero-order chi connectivity index (χ0) is 77.3. The van der Waals surface area contributed by atoms with Gasteiger partial charge in [-0.15, -0.1) is 45.3 Å². The van der Waals surface area contributed by atoms with Gasteiger partial charge in [-0.05, 0) is 113 Å². The second kappa shape index (κ2) is 25.4. The van der Waals surface area contributed by atoms with Crippen LogP contribution in [0.15, 0.2) is 243 Å². The van der Waals surface area contributed by atoms with Gasteiger partial charge in [-0.25, -0.2) is 0 Å². The number of benzene rings is 8. The van der Waals surface area contributed by atoms with E-state index < -0.39 is 68.7 Å². The van der Waals surface area contributed by atoms with E-state index in [-0.39, 0.29) is 63.4 Å². The van der Waals surface area contributed by atoms with Crippen LogP contribution >= 0.6 is 45.3 Å². The number of rotatable bonds is 8. The molecule has 0 atom stereocenters. The molecule has 0 N–H and O–H groups in total. The van der Waals surface area contributed by atoms with E-state index in [1.54, 1.807) is 84.9 Å². The Morgan fingerprint density at radius 3 is 0.620 bits per heavy atom. The molecule has 4 aliphatic rings. The summed E-state index contributed by atoms with van der Waals surface area (Å²) in [5.41, 5.74) is -0.781. The highest BCUT2D eigenvalue weighted by Crippen LogP contribution is 2.73. The standard InChI is InChI=1S/C54H54F6S2.C38H22F6S2/c1-47(2,3)33-17-13-31(14-18-33)41-29-39-43-44(53(57,58)54(59,60)52(43,55)56)40-30-42(32-15-19-34(20-16-32)48(4,5)6)62-46(40)51(45(39)61-41,37-25-21-35(22-26-37)49(7,8)9)38-27-23-36(24-28-38)50(10,11)12;39-36(40)31-27-21-29(23-13-5-1-6-14-23)45-33(27)35(25-17-9-3-10-18-25,26-19-11-4-12-20-26)34-28(32(31)37(41,42)38(36,43)44)22-30(46-34)24-15-7-2-8-16-24/h13-30H,1-12H3;1-22H. The van der Waals surface area contributed by atoms with Crippen LogP contribution in [-0.2, 0) is 32.5 Å². The van der Waals surface area contributed by atoms with Crippen LogP contribution in [0.4, 0.5) is 52.7 Å². The van der Waals surface area contributed by atoms with Gasteiger partial charge in [0.25, 0.3) is 0 Å². The maximum Gasteiger partial charge on any atom is 0.380 e. The van der Waals surface area contributed by atoms with Crippen LogP contribution < -0.4 is 0 Å². The van der Waals surface area contributed by atoms with Crippen molar-refractivity contribution in [1.29, 1.82) is 0 Å². The van der Waals surface area contributed by atoms with Crippen molar-refractivity contribution >= 4 is 67.6 Å². The van der Waals surface area contributed by atoms with Crippen LogP contribution in [0.3, 0.4) is 0 Å². The van der Waals surface area contributed by atoms with Crippen molar-refractivity contribution in [2.75, 3.05) is 0 Å². The SMILES string of the molecule is CC(C)(C)c1ccc(-c2cc3c(s2)C(c2ccc(C(C)(C)C)cc2)(c2ccc(C(C)(C)C)cc2)c2sc(-c4ccc(C(C)(C)C)cc4)cc2C2=C3C(F)(F)C(F)(F)C2(F)F)cc1.FC1(F)C2=C(c3cc(-c4ccccc4)sc3C(c3ccccc3)(c3ccccc3)c3sc(-c4ccccc4)cc32)C(F)(F)C1(F)F. The molecule has 552 valence electrons. The highest BCUT2D eigenvalue weighted by atomic mass is 32.1. The fraction of sp³-hybridized carbons (Fsp3) is 0.261. The van der Waals surface area contributed by atoms with Gasteiger partial charge in [0.15, 0.2) is 0 Å². The predicted molar refractivity (Wildman–Crippen MR) is 421 cm³/mol. The van der Waals surface area contributed by atoms with Gasteiger partial charge < -0.3 is 0 Å². The smallest absolute Gasteiger partial charge is 0.194 e. The maximum absolute atomic E-state index is 16.9. The van der Waals surface area contributed by atoms with Gasteiger partial charge in [0.1, 0.15) is 0 Å². The molecule has 0 fully saturated rings. The lowest BCUT2D eigenvalue weighted by Crippen LogP contribution is -2.49. The van der Waals surface area contributed by atoms with Gasteiger partial charge in [-0.2, -0.15) is 52.7 Å². The van der Waals surface area contributed by atoms with Gasteiger partial charge in [-0.1, -0.05) is 301 Å². The van der Waals surface area contributed by atoms with Crippen molar-refractivity contribution in [3.63, 3.8) is 0 Å². The van der Waals surface area contributed by atoms with Gasteiger partial charge in [0.2, 0.25) is 0 Å². The van der Waals surface area contributed by atoms with E-state index in [2.05, 4.69) is 83.1 Å². The number of hydrogen-bond acceptors (Lipinski definition) is 4. The molecule has 0 unspecified atom stereocenters. The van der Waals surface area contributed by atoms with Crippen LogP contribution in [0.25, 0.3) is 64.1 Å². The molecule has 108 heavy (non-hydrogen) atoms. The summed E-state index contributed by atoms with van der Waals surface area (Å²) in [5.74, 6) is -32.1. The second-order valence-corrected chi connectivity index (χ2v) is 36.8. The Labute approximate surface area is 637 Å². The summed E-state index contributed by atoms with van der Waals surface area (Å²) in [6, 6.07) is 73.1. The minimum atomic E-state index is -5.70. The molecule has 4 aromatic heterocycles. The van der Waals surface area contributed by atoms with E-state index in [9.17, 15) is 0 Å². The minimum absolute atomic E-state index is 0.179. The lowest BCUT2D eigenvalue weighted by atomic mass is 9.69. The lowest BCUT2D eigenvalue weighted by molar-refractivity contribution is -0.254. The summed E-state index contributed by atoms with van der Waals surface area (Å²) in [6.45, 7) is 25.1. The average molecular weight is 1540 g/mol.